The highest BCUT2D eigenvalue weighted by Gasteiger charge is 2.29. The van der Waals surface area contributed by atoms with Crippen molar-refractivity contribution in [3.05, 3.63) is 0 Å². The van der Waals surface area contributed by atoms with Crippen LogP contribution in [0.4, 0.5) is 4.79 Å². The molecule has 1 aliphatic carbocycles. The Balaban J connectivity index is 2.33. The summed E-state index contributed by atoms with van der Waals surface area (Å²) in [5, 5.41) is 2.58. The van der Waals surface area contributed by atoms with Crippen molar-refractivity contribution in [2.75, 3.05) is 7.11 Å². The number of hydrogen-bond donors (Lipinski definition) is 2. The van der Waals surface area contributed by atoms with Gasteiger partial charge in [-0.25, -0.2) is 4.79 Å². The number of carbonyl (C=O) groups excluding carboxylic acids is 2. The van der Waals surface area contributed by atoms with Gasteiger partial charge in [0.15, 0.2) is 5.12 Å². The number of ether oxygens (including phenoxy) is 1. The summed E-state index contributed by atoms with van der Waals surface area (Å²) in [6.07, 6.45) is 1.87. The second-order valence-electron chi connectivity index (χ2n) is 3.18. The van der Waals surface area contributed by atoms with Gasteiger partial charge in [-0.2, -0.15) is 0 Å². The van der Waals surface area contributed by atoms with Crippen molar-refractivity contribution < 1.29 is 14.3 Å². The van der Waals surface area contributed by atoms with Gasteiger partial charge >= 0.3 is 6.09 Å². The third kappa shape index (κ3) is 2.91. The van der Waals surface area contributed by atoms with E-state index in [0.29, 0.717) is 6.42 Å². The molecule has 5 heteroatoms. The Morgan fingerprint density at radius 3 is 2.62 bits per heavy atom. The molecule has 1 aliphatic rings. The molecule has 1 saturated carbocycles. The molecule has 0 bridgehead atoms. The maximum atomic E-state index is 10.9. The smallest absolute Gasteiger partial charge is 0.407 e. The van der Waals surface area contributed by atoms with Crippen molar-refractivity contribution in [2.24, 2.45) is 5.92 Å². The predicted molar refractivity (Wildman–Crippen MR) is 50.7 cm³/mol. The summed E-state index contributed by atoms with van der Waals surface area (Å²) in [6, 6.07) is 0.0635. The fourth-order valence-corrected chi connectivity index (χ4v) is 1.80. The van der Waals surface area contributed by atoms with E-state index in [1.807, 2.05) is 0 Å². The van der Waals surface area contributed by atoms with Crippen LogP contribution in [0.3, 0.4) is 0 Å². The largest absolute Gasteiger partial charge is 0.453 e. The lowest BCUT2D eigenvalue weighted by atomic mass is 10.1. The second kappa shape index (κ2) is 4.50. The summed E-state index contributed by atoms with van der Waals surface area (Å²) in [4.78, 5) is 21.7. The highest BCUT2D eigenvalue weighted by atomic mass is 32.1. The Labute approximate surface area is 82.4 Å². The first-order valence-electron chi connectivity index (χ1n) is 4.20. The van der Waals surface area contributed by atoms with Crippen molar-refractivity contribution in [1.82, 2.24) is 5.32 Å². The lowest BCUT2D eigenvalue weighted by Gasteiger charge is -2.10. The number of alkyl carbamates (subject to hydrolysis) is 1. The molecular formula is C8H13NO3S. The van der Waals surface area contributed by atoms with Crippen LogP contribution in [0, 0.1) is 5.92 Å². The van der Waals surface area contributed by atoms with Crippen molar-refractivity contribution >= 4 is 23.8 Å². The molecule has 2 atom stereocenters. The summed E-state index contributed by atoms with van der Waals surface area (Å²) >= 11 is 3.76. The van der Waals surface area contributed by atoms with Crippen LogP contribution in [0.2, 0.25) is 0 Å². The van der Waals surface area contributed by atoms with E-state index in [1.54, 1.807) is 0 Å². The van der Waals surface area contributed by atoms with E-state index in [0.717, 1.165) is 12.8 Å². The van der Waals surface area contributed by atoms with Gasteiger partial charge in [0.05, 0.1) is 7.11 Å². The van der Waals surface area contributed by atoms with Gasteiger partial charge in [-0.15, -0.1) is 12.6 Å². The highest BCUT2D eigenvalue weighted by Crippen LogP contribution is 2.27. The van der Waals surface area contributed by atoms with E-state index in [1.165, 1.54) is 7.11 Å². The average Bonchev–Trinajstić information content (AvgIpc) is 2.52. The first-order valence-corrected chi connectivity index (χ1v) is 4.65. The summed E-state index contributed by atoms with van der Waals surface area (Å²) in [7, 11) is 1.32. The second-order valence-corrected chi connectivity index (χ2v) is 3.62. The number of hydrogen-bond acceptors (Lipinski definition) is 3. The zero-order valence-corrected chi connectivity index (χ0v) is 8.34. The molecule has 1 N–H and O–H groups in total. The summed E-state index contributed by atoms with van der Waals surface area (Å²) in [5.41, 5.74) is 0. The van der Waals surface area contributed by atoms with Gasteiger partial charge < -0.3 is 10.1 Å². The molecule has 0 aliphatic heterocycles. The molecule has 0 radical (unpaired) electrons. The molecule has 74 valence electrons. The predicted octanol–water partition coefficient (Wildman–Crippen LogP) is 0.967. The summed E-state index contributed by atoms with van der Waals surface area (Å²) in [6.45, 7) is 0. The zero-order valence-electron chi connectivity index (χ0n) is 7.45. The topological polar surface area (TPSA) is 55.4 Å². The molecule has 1 fully saturated rings. The van der Waals surface area contributed by atoms with Crippen LogP contribution in [0.1, 0.15) is 19.3 Å². The van der Waals surface area contributed by atoms with Crippen molar-refractivity contribution in [3.63, 3.8) is 0 Å². The van der Waals surface area contributed by atoms with Gasteiger partial charge in [0, 0.05) is 12.0 Å². The lowest BCUT2D eigenvalue weighted by Crippen LogP contribution is -2.32. The highest BCUT2D eigenvalue weighted by molar-refractivity contribution is 7.96. The van der Waals surface area contributed by atoms with Crippen LogP contribution in [0.25, 0.3) is 0 Å². The van der Waals surface area contributed by atoms with Crippen LogP contribution in [-0.4, -0.2) is 24.4 Å². The normalized spacial score (nSPS) is 26.9. The van der Waals surface area contributed by atoms with Crippen molar-refractivity contribution in [3.8, 4) is 0 Å². The van der Waals surface area contributed by atoms with Gasteiger partial charge in [-0.1, -0.05) is 0 Å². The summed E-state index contributed by atoms with van der Waals surface area (Å²) in [5.74, 6) is -0.00881. The first kappa shape index (κ1) is 10.4. The quantitative estimate of drug-likeness (QED) is 0.657. The van der Waals surface area contributed by atoms with Crippen molar-refractivity contribution in [1.29, 1.82) is 0 Å². The molecule has 1 amide bonds. The van der Waals surface area contributed by atoms with Gasteiger partial charge in [-0.3, -0.25) is 4.79 Å². The number of amides is 1. The molecule has 0 aromatic carbocycles. The van der Waals surface area contributed by atoms with Crippen LogP contribution in [0.5, 0.6) is 0 Å². The van der Waals surface area contributed by atoms with E-state index >= 15 is 0 Å². The molecule has 0 saturated heterocycles. The summed E-state index contributed by atoms with van der Waals surface area (Å²) < 4.78 is 4.45. The lowest BCUT2D eigenvalue weighted by molar-refractivity contribution is -0.114. The maximum absolute atomic E-state index is 10.9. The first-order chi connectivity index (χ1) is 6.13. The molecule has 13 heavy (non-hydrogen) atoms. The van der Waals surface area contributed by atoms with Gasteiger partial charge in [0.1, 0.15) is 0 Å². The van der Waals surface area contributed by atoms with E-state index < -0.39 is 6.09 Å². The molecule has 0 unspecified atom stereocenters. The molecule has 1 rings (SSSR count). The Morgan fingerprint density at radius 2 is 2.15 bits per heavy atom. The third-order valence-electron chi connectivity index (χ3n) is 2.29. The number of thiol groups is 1. The van der Waals surface area contributed by atoms with E-state index in [4.69, 9.17) is 0 Å². The third-order valence-corrected chi connectivity index (χ3v) is 2.65. The molecule has 0 aromatic heterocycles. The standard InChI is InChI=1S/C8H13NO3S/c1-12-8(11)9-6-3-2-5(4-6)7(10)13/h5-6H,2-4H2,1H3,(H,9,11)(H,10,13)/t5-,6+/m0/s1. The fraction of sp³-hybridized carbons (Fsp3) is 0.750. The molecule has 4 nitrogen and oxygen atoms in total. The Morgan fingerprint density at radius 1 is 1.46 bits per heavy atom. The minimum Gasteiger partial charge on any atom is -0.453 e. The number of rotatable bonds is 2. The molecule has 0 heterocycles. The molecular weight excluding hydrogens is 190 g/mol. The van der Waals surface area contributed by atoms with Gasteiger partial charge in [0.25, 0.3) is 0 Å². The molecule has 0 aromatic rings. The zero-order chi connectivity index (χ0) is 9.84. The average molecular weight is 203 g/mol. The minimum absolute atomic E-state index is 0.00881. The van der Waals surface area contributed by atoms with E-state index in [-0.39, 0.29) is 17.1 Å². The minimum atomic E-state index is -0.433. The number of nitrogens with one attached hydrogen (secondary N) is 1. The number of methoxy groups -OCH3 is 1. The SMILES string of the molecule is COC(=O)N[C@@H]1CC[C@H](C(=O)S)C1. The molecule has 0 spiro atoms. The number of carbonyl (C=O) groups is 2. The van der Waals surface area contributed by atoms with Gasteiger partial charge in [0.2, 0.25) is 0 Å². The van der Waals surface area contributed by atoms with E-state index in [9.17, 15) is 9.59 Å². The Kier molecular flexibility index (Phi) is 3.59. The van der Waals surface area contributed by atoms with Crippen LogP contribution < -0.4 is 5.32 Å². The fourth-order valence-electron chi connectivity index (χ4n) is 1.56. The Hall–Kier alpha value is -0.710. The van der Waals surface area contributed by atoms with Gasteiger partial charge in [-0.05, 0) is 19.3 Å². The van der Waals surface area contributed by atoms with Crippen molar-refractivity contribution in [2.45, 2.75) is 25.3 Å². The van der Waals surface area contributed by atoms with Crippen LogP contribution in [-0.2, 0) is 9.53 Å². The maximum Gasteiger partial charge on any atom is 0.407 e. The van der Waals surface area contributed by atoms with Crippen LogP contribution >= 0.6 is 12.6 Å². The van der Waals surface area contributed by atoms with E-state index in [2.05, 4.69) is 22.7 Å². The van der Waals surface area contributed by atoms with Crippen LogP contribution in [0.15, 0.2) is 0 Å². The monoisotopic (exact) mass is 203 g/mol. The Bertz CT molecular complexity index is 219.